The molecule has 0 spiro atoms. The fourth-order valence-corrected chi connectivity index (χ4v) is 2.45. The standard InChI is InChI=1S/C11H21N2S2/c1-4-11-12(7-9-14-2)5-6-13(11)8-10-15-3/h5-6H,4,7-10H2,1-3H3/q+1. The minimum atomic E-state index is 1.12. The van der Waals surface area contributed by atoms with Gasteiger partial charge in [-0.2, -0.15) is 23.5 Å². The van der Waals surface area contributed by atoms with Gasteiger partial charge in [0.05, 0.1) is 13.1 Å². The number of imidazole rings is 1. The summed E-state index contributed by atoms with van der Waals surface area (Å²) in [5.41, 5.74) is 0. The number of nitrogens with zero attached hydrogens (tertiary/aromatic N) is 2. The van der Waals surface area contributed by atoms with Crippen LogP contribution in [0.25, 0.3) is 0 Å². The molecule has 0 atom stereocenters. The van der Waals surface area contributed by atoms with E-state index in [9.17, 15) is 0 Å². The Labute approximate surface area is 101 Å². The Kier molecular flexibility index (Phi) is 6.25. The molecule has 86 valence electrons. The van der Waals surface area contributed by atoms with Crippen LogP contribution in [-0.4, -0.2) is 28.6 Å². The summed E-state index contributed by atoms with van der Waals surface area (Å²) in [6.07, 6.45) is 9.88. The van der Waals surface area contributed by atoms with Gasteiger partial charge in [-0.1, -0.05) is 6.92 Å². The molecule has 0 aliphatic rings. The van der Waals surface area contributed by atoms with Crippen molar-refractivity contribution < 1.29 is 4.57 Å². The molecule has 0 aliphatic heterocycles. The molecule has 2 nitrogen and oxygen atoms in total. The summed E-state index contributed by atoms with van der Waals surface area (Å²) in [5, 5.41) is 0. The molecular weight excluding hydrogens is 224 g/mol. The van der Waals surface area contributed by atoms with E-state index in [2.05, 4.69) is 41.0 Å². The van der Waals surface area contributed by atoms with E-state index in [-0.39, 0.29) is 0 Å². The third-order valence-corrected chi connectivity index (χ3v) is 3.66. The second-order valence-electron chi connectivity index (χ2n) is 3.44. The number of aryl methyl sites for hydroxylation is 2. The monoisotopic (exact) mass is 245 g/mol. The molecule has 1 aromatic heterocycles. The molecule has 0 radical (unpaired) electrons. The van der Waals surface area contributed by atoms with Crippen molar-refractivity contribution in [2.75, 3.05) is 24.0 Å². The Hall–Kier alpha value is -0.0900. The van der Waals surface area contributed by atoms with Gasteiger partial charge in [0.25, 0.3) is 5.82 Å². The highest BCUT2D eigenvalue weighted by Gasteiger charge is 2.13. The molecule has 1 aromatic rings. The van der Waals surface area contributed by atoms with Gasteiger partial charge in [-0.15, -0.1) is 0 Å². The Bertz CT molecular complexity index is 259. The second kappa shape index (κ2) is 7.23. The zero-order chi connectivity index (χ0) is 11.1. The van der Waals surface area contributed by atoms with E-state index in [1.807, 2.05) is 23.5 Å². The third-order valence-electron chi connectivity index (χ3n) is 2.48. The molecule has 0 N–H and O–H groups in total. The van der Waals surface area contributed by atoms with Crippen LogP contribution in [0.1, 0.15) is 12.7 Å². The van der Waals surface area contributed by atoms with Crippen LogP contribution in [-0.2, 0) is 19.5 Å². The zero-order valence-corrected chi connectivity index (χ0v) is 11.5. The van der Waals surface area contributed by atoms with Gasteiger partial charge in [-0.3, -0.25) is 0 Å². The Morgan fingerprint density at radius 3 is 2.60 bits per heavy atom. The van der Waals surface area contributed by atoms with Crippen LogP contribution in [0.5, 0.6) is 0 Å². The largest absolute Gasteiger partial charge is 0.256 e. The maximum absolute atomic E-state index is 2.39. The van der Waals surface area contributed by atoms with E-state index in [1.165, 1.54) is 17.3 Å². The first-order chi connectivity index (χ1) is 7.33. The lowest BCUT2D eigenvalue weighted by Crippen LogP contribution is -2.38. The molecule has 1 rings (SSSR count). The number of hydrogen-bond donors (Lipinski definition) is 0. The van der Waals surface area contributed by atoms with Crippen LogP contribution in [0.3, 0.4) is 0 Å². The lowest BCUT2D eigenvalue weighted by Gasteiger charge is -2.02. The summed E-state index contributed by atoms with van der Waals surface area (Å²) in [7, 11) is 0. The molecule has 0 fully saturated rings. The van der Waals surface area contributed by atoms with Crippen molar-refractivity contribution in [2.24, 2.45) is 0 Å². The van der Waals surface area contributed by atoms with Crippen molar-refractivity contribution in [3.05, 3.63) is 18.2 Å². The molecule has 0 bridgehead atoms. The quantitative estimate of drug-likeness (QED) is 0.680. The Morgan fingerprint density at radius 1 is 1.27 bits per heavy atom. The summed E-state index contributed by atoms with van der Waals surface area (Å²) in [6.45, 7) is 4.51. The van der Waals surface area contributed by atoms with Crippen molar-refractivity contribution in [2.45, 2.75) is 26.4 Å². The highest BCUT2D eigenvalue weighted by atomic mass is 32.2. The van der Waals surface area contributed by atoms with Crippen LogP contribution in [0.2, 0.25) is 0 Å². The average Bonchev–Trinajstić information content (AvgIpc) is 2.65. The topological polar surface area (TPSA) is 8.81 Å². The minimum absolute atomic E-state index is 1.12. The molecule has 1 heterocycles. The fraction of sp³-hybridized carbons (Fsp3) is 0.727. The number of thioether (sulfide) groups is 2. The first kappa shape index (κ1) is 13.0. The third kappa shape index (κ3) is 3.76. The second-order valence-corrected chi connectivity index (χ2v) is 5.41. The molecule has 0 amide bonds. The molecule has 0 saturated heterocycles. The summed E-state index contributed by atoms with van der Waals surface area (Å²) in [6, 6.07) is 0. The van der Waals surface area contributed by atoms with Crippen molar-refractivity contribution >= 4 is 23.5 Å². The first-order valence-electron chi connectivity index (χ1n) is 5.38. The summed E-state index contributed by atoms with van der Waals surface area (Å²) in [5.74, 6) is 3.85. The molecule has 0 saturated carbocycles. The summed E-state index contributed by atoms with van der Waals surface area (Å²) < 4.78 is 4.77. The van der Waals surface area contributed by atoms with Gasteiger partial charge < -0.3 is 0 Å². The van der Waals surface area contributed by atoms with Crippen LogP contribution < -0.4 is 4.57 Å². The first-order valence-corrected chi connectivity index (χ1v) is 8.17. The zero-order valence-electron chi connectivity index (χ0n) is 9.90. The Morgan fingerprint density at radius 2 is 2.00 bits per heavy atom. The van der Waals surface area contributed by atoms with Crippen LogP contribution in [0.4, 0.5) is 0 Å². The predicted molar refractivity (Wildman–Crippen MR) is 70.8 cm³/mol. The van der Waals surface area contributed by atoms with Crippen LogP contribution >= 0.6 is 23.5 Å². The highest BCUT2D eigenvalue weighted by Crippen LogP contribution is 2.01. The predicted octanol–water partition coefficient (Wildman–Crippen LogP) is 2.06. The normalized spacial score (nSPS) is 10.9. The van der Waals surface area contributed by atoms with Gasteiger partial charge >= 0.3 is 0 Å². The van der Waals surface area contributed by atoms with E-state index in [0.717, 1.165) is 19.5 Å². The van der Waals surface area contributed by atoms with Gasteiger partial charge in [0, 0.05) is 17.9 Å². The molecular formula is C11H21N2S2+. The van der Waals surface area contributed by atoms with Crippen molar-refractivity contribution in [1.29, 1.82) is 0 Å². The average molecular weight is 245 g/mol. The maximum atomic E-state index is 2.39. The van der Waals surface area contributed by atoms with E-state index in [1.54, 1.807) is 0 Å². The Balaban J connectivity index is 2.66. The van der Waals surface area contributed by atoms with E-state index >= 15 is 0 Å². The lowest BCUT2D eigenvalue weighted by molar-refractivity contribution is -0.699. The van der Waals surface area contributed by atoms with Crippen LogP contribution in [0.15, 0.2) is 12.4 Å². The van der Waals surface area contributed by atoms with E-state index in [4.69, 9.17) is 0 Å². The smallest absolute Gasteiger partial charge is 0.233 e. The summed E-state index contributed by atoms with van der Waals surface area (Å²) >= 11 is 3.82. The lowest BCUT2D eigenvalue weighted by atomic mass is 10.4. The van der Waals surface area contributed by atoms with Gasteiger partial charge in [0.2, 0.25) is 0 Å². The maximum Gasteiger partial charge on any atom is 0.256 e. The molecule has 15 heavy (non-hydrogen) atoms. The van der Waals surface area contributed by atoms with Gasteiger partial charge in [-0.25, -0.2) is 9.13 Å². The van der Waals surface area contributed by atoms with E-state index in [0.29, 0.717) is 0 Å². The molecule has 0 aromatic carbocycles. The van der Waals surface area contributed by atoms with Crippen molar-refractivity contribution in [3.8, 4) is 0 Å². The number of rotatable bonds is 7. The SMILES string of the molecule is CCc1n(CCSC)cc[n+]1CCSC. The van der Waals surface area contributed by atoms with Crippen molar-refractivity contribution in [1.82, 2.24) is 4.57 Å². The van der Waals surface area contributed by atoms with Crippen molar-refractivity contribution in [3.63, 3.8) is 0 Å². The number of aromatic nitrogens is 2. The van der Waals surface area contributed by atoms with Gasteiger partial charge in [0.15, 0.2) is 0 Å². The molecule has 0 unspecified atom stereocenters. The fourth-order valence-electron chi connectivity index (χ4n) is 1.69. The minimum Gasteiger partial charge on any atom is -0.233 e. The summed E-state index contributed by atoms with van der Waals surface area (Å²) in [4.78, 5) is 0. The van der Waals surface area contributed by atoms with Crippen LogP contribution in [0, 0.1) is 0 Å². The number of hydrogen-bond acceptors (Lipinski definition) is 2. The molecule has 0 aliphatic carbocycles. The van der Waals surface area contributed by atoms with E-state index < -0.39 is 0 Å². The van der Waals surface area contributed by atoms with Gasteiger partial charge in [0.1, 0.15) is 12.4 Å². The highest BCUT2D eigenvalue weighted by molar-refractivity contribution is 7.98. The van der Waals surface area contributed by atoms with Gasteiger partial charge in [-0.05, 0) is 12.5 Å². The molecule has 4 heteroatoms.